The Hall–Kier alpha value is -1.64. The number of sulfonamides is 1. The Morgan fingerprint density at radius 2 is 2.15 bits per heavy atom. The summed E-state index contributed by atoms with van der Waals surface area (Å²) < 4.78 is 37.8. The summed E-state index contributed by atoms with van der Waals surface area (Å²) in [6.45, 7) is 7.03. The van der Waals surface area contributed by atoms with E-state index in [2.05, 4.69) is 5.32 Å². The number of rotatable bonds is 9. The summed E-state index contributed by atoms with van der Waals surface area (Å²) in [6, 6.07) is 4.74. The van der Waals surface area contributed by atoms with Gasteiger partial charge in [0, 0.05) is 19.7 Å². The second kappa shape index (κ2) is 9.34. The number of nitrogens with one attached hydrogen (secondary N) is 1. The van der Waals surface area contributed by atoms with Gasteiger partial charge in [0.1, 0.15) is 5.75 Å². The molecule has 0 spiro atoms. The number of hydrogen-bond acceptors (Lipinski definition) is 5. The molecular formula is C18H28N2O5S. The van der Waals surface area contributed by atoms with E-state index in [1.807, 2.05) is 6.92 Å². The van der Waals surface area contributed by atoms with Gasteiger partial charge in [0.05, 0.1) is 24.2 Å². The molecule has 1 heterocycles. The molecule has 0 bridgehead atoms. The first-order chi connectivity index (χ1) is 12.4. The van der Waals surface area contributed by atoms with Crippen LogP contribution in [0.15, 0.2) is 23.1 Å². The standard InChI is InChI=1S/C18H28N2O5S/c1-4-20(13-18(21)19-12-15-7-6-10-25-15)26(22,23)16-8-9-17(24-5-2)14(3)11-16/h8-9,11,15H,4-7,10,12-13H2,1-3H3,(H,19,21)/t15-/m0/s1. The fourth-order valence-electron chi connectivity index (χ4n) is 2.86. The van der Waals surface area contributed by atoms with E-state index in [1.54, 1.807) is 26.0 Å². The van der Waals surface area contributed by atoms with Crippen LogP contribution in [0.2, 0.25) is 0 Å². The fourth-order valence-corrected chi connectivity index (χ4v) is 4.36. The lowest BCUT2D eigenvalue weighted by Gasteiger charge is -2.21. The van der Waals surface area contributed by atoms with Gasteiger partial charge in [-0.1, -0.05) is 6.92 Å². The number of nitrogens with zero attached hydrogens (tertiary/aromatic N) is 1. The number of benzene rings is 1. The van der Waals surface area contributed by atoms with Crippen LogP contribution in [0, 0.1) is 6.92 Å². The summed E-state index contributed by atoms with van der Waals surface area (Å²) in [5.74, 6) is 0.331. The molecule has 2 rings (SSSR count). The molecule has 26 heavy (non-hydrogen) atoms. The van der Waals surface area contributed by atoms with E-state index < -0.39 is 10.0 Å². The maximum atomic E-state index is 12.9. The van der Waals surface area contributed by atoms with Gasteiger partial charge < -0.3 is 14.8 Å². The van der Waals surface area contributed by atoms with Crippen molar-refractivity contribution in [1.29, 1.82) is 0 Å². The van der Waals surface area contributed by atoms with Crippen LogP contribution in [0.1, 0.15) is 32.3 Å². The largest absolute Gasteiger partial charge is 0.494 e. The van der Waals surface area contributed by atoms with Crippen LogP contribution in [-0.4, -0.2) is 57.6 Å². The molecule has 1 aromatic rings. The zero-order valence-corrected chi connectivity index (χ0v) is 16.5. The van der Waals surface area contributed by atoms with Crippen molar-refractivity contribution in [2.75, 3.05) is 32.8 Å². The molecular weight excluding hydrogens is 356 g/mol. The molecule has 0 saturated carbocycles. The molecule has 1 fully saturated rings. The monoisotopic (exact) mass is 384 g/mol. The highest BCUT2D eigenvalue weighted by molar-refractivity contribution is 7.89. The smallest absolute Gasteiger partial charge is 0.243 e. The number of carbonyl (C=O) groups is 1. The number of ether oxygens (including phenoxy) is 2. The highest BCUT2D eigenvalue weighted by Crippen LogP contribution is 2.24. The van der Waals surface area contributed by atoms with Crippen molar-refractivity contribution >= 4 is 15.9 Å². The molecule has 1 aromatic carbocycles. The van der Waals surface area contributed by atoms with E-state index in [9.17, 15) is 13.2 Å². The van der Waals surface area contributed by atoms with E-state index in [0.717, 1.165) is 18.4 Å². The summed E-state index contributed by atoms with van der Waals surface area (Å²) in [6.07, 6.45) is 1.94. The van der Waals surface area contributed by atoms with Crippen molar-refractivity contribution < 1.29 is 22.7 Å². The van der Waals surface area contributed by atoms with Crippen molar-refractivity contribution in [3.8, 4) is 5.75 Å². The van der Waals surface area contributed by atoms with Crippen LogP contribution in [-0.2, 0) is 19.6 Å². The normalized spacial score (nSPS) is 17.5. The van der Waals surface area contributed by atoms with Crippen molar-refractivity contribution in [1.82, 2.24) is 9.62 Å². The van der Waals surface area contributed by atoms with E-state index in [0.29, 0.717) is 25.5 Å². The van der Waals surface area contributed by atoms with Crippen LogP contribution in [0.5, 0.6) is 5.75 Å². The molecule has 1 atom stereocenters. The predicted octanol–water partition coefficient (Wildman–Crippen LogP) is 1.70. The third-order valence-electron chi connectivity index (χ3n) is 4.31. The van der Waals surface area contributed by atoms with Gasteiger partial charge in [-0.05, 0) is 50.5 Å². The highest BCUT2D eigenvalue weighted by Gasteiger charge is 2.26. The summed E-state index contributed by atoms with van der Waals surface area (Å²) in [7, 11) is -3.75. The minimum absolute atomic E-state index is 0.0272. The Morgan fingerprint density at radius 3 is 2.73 bits per heavy atom. The number of carbonyl (C=O) groups excluding carboxylic acids is 1. The molecule has 1 saturated heterocycles. The third kappa shape index (κ3) is 5.18. The first-order valence-corrected chi connectivity index (χ1v) is 10.4. The molecule has 7 nitrogen and oxygen atoms in total. The maximum Gasteiger partial charge on any atom is 0.243 e. The molecule has 0 aliphatic carbocycles. The van der Waals surface area contributed by atoms with Gasteiger partial charge in [0.2, 0.25) is 15.9 Å². The van der Waals surface area contributed by atoms with Crippen molar-refractivity contribution in [3.63, 3.8) is 0 Å². The predicted molar refractivity (Wildman–Crippen MR) is 98.8 cm³/mol. The molecule has 0 unspecified atom stereocenters. The third-order valence-corrected chi connectivity index (χ3v) is 6.22. The zero-order chi connectivity index (χ0) is 19.2. The van der Waals surface area contributed by atoms with E-state index in [4.69, 9.17) is 9.47 Å². The average molecular weight is 384 g/mol. The van der Waals surface area contributed by atoms with Gasteiger partial charge in [-0.25, -0.2) is 8.42 Å². The quantitative estimate of drug-likeness (QED) is 0.700. The minimum Gasteiger partial charge on any atom is -0.494 e. The van der Waals surface area contributed by atoms with Crippen LogP contribution < -0.4 is 10.1 Å². The van der Waals surface area contributed by atoms with E-state index >= 15 is 0 Å². The van der Waals surface area contributed by atoms with Gasteiger partial charge >= 0.3 is 0 Å². The van der Waals surface area contributed by atoms with Gasteiger partial charge in [0.15, 0.2) is 0 Å². The van der Waals surface area contributed by atoms with Gasteiger partial charge in [-0.15, -0.1) is 0 Å². The van der Waals surface area contributed by atoms with Crippen molar-refractivity contribution in [2.24, 2.45) is 0 Å². The Bertz CT molecular complexity index is 714. The van der Waals surface area contributed by atoms with Gasteiger partial charge in [-0.2, -0.15) is 4.31 Å². The lowest BCUT2D eigenvalue weighted by molar-refractivity contribution is -0.121. The van der Waals surface area contributed by atoms with Gasteiger partial charge in [-0.3, -0.25) is 4.79 Å². The zero-order valence-electron chi connectivity index (χ0n) is 15.7. The van der Waals surface area contributed by atoms with Crippen LogP contribution >= 0.6 is 0 Å². The molecule has 1 amide bonds. The lowest BCUT2D eigenvalue weighted by Crippen LogP contribution is -2.42. The molecule has 1 N–H and O–H groups in total. The summed E-state index contributed by atoms with van der Waals surface area (Å²) in [5, 5.41) is 2.76. The molecule has 8 heteroatoms. The fraction of sp³-hybridized carbons (Fsp3) is 0.611. The summed E-state index contributed by atoms with van der Waals surface area (Å²) >= 11 is 0. The second-order valence-corrected chi connectivity index (χ2v) is 8.17. The second-order valence-electron chi connectivity index (χ2n) is 6.23. The highest BCUT2D eigenvalue weighted by atomic mass is 32.2. The lowest BCUT2D eigenvalue weighted by atomic mass is 10.2. The molecule has 146 valence electrons. The number of likely N-dealkylation sites (N-methyl/N-ethyl adjacent to an activating group) is 1. The SMILES string of the molecule is CCOc1ccc(S(=O)(=O)N(CC)CC(=O)NC[C@@H]2CCCO2)cc1C. The topological polar surface area (TPSA) is 84.9 Å². The summed E-state index contributed by atoms with van der Waals surface area (Å²) in [4.78, 5) is 12.3. The number of amides is 1. The Kier molecular flexibility index (Phi) is 7.43. The first-order valence-electron chi connectivity index (χ1n) is 9.00. The maximum absolute atomic E-state index is 12.9. The molecule has 1 aliphatic rings. The van der Waals surface area contributed by atoms with Crippen LogP contribution in [0.3, 0.4) is 0 Å². The number of aryl methyl sites for hydroxylation is 1. The van der Waals surface area contributed by atoms with Crippen LogP contribution in [0.4, 0.5) is 0 Å². The average Bonchev–Trinajstić information content (AvgIpc) is 3.13. The van der Waals surface area contributed by atoms with Gasteiger partial charge in [0.25, 0.3) is 0 Å². The molecule has 0 aromatic heterocycles. The Morgan fingerprint density at radius 1 is 1.38 bits per heavy atom. The number of hydrogen-bond donors (Lipinski definition) is 1. The molecule has 1 aliphatic heterocycles. The van der Waals surface area contributed by atoms with Crippen LogP contribution in [0.25, 0.3) is 0 Å². The molecule has 0 radical (unpaired) electrons. The van der Waals surface area contributed by atoms with E-state index in [-0.39, 0.29) is 30.0 Å². The van der Waals surface area contributed by atoms with Crippen molar-refractivity contribution in [2.45, 2.75) is 44.6 Å². The summed E-state index contributed by atoms with van der Waals surface area (Å²) in [5.41, 5.74) is 0.742. The Balaban J connectivity index is 2.04. The Labute approximate surface area is 155 Å². The first kappa shape index (κ1) is 20.7. The minimum atomic E-state index is -3.75. The van der Waals surface area contributed by atoms with Crippen molar-refractivity contribution in [3.05, 3.63) is 23.8 Å². The van der Waals surface area contributed by atoms with E-state index in [1.165, 1.54) is 10.4 Å².